The van der Waals surface area contributed by atoms with E-state index in [0.717, 1.165) is 24.2 Å². The molecule has 3 heterocycles. The van der Waals surface area contributed by atoms with Crippen LogP contribution in [-0.4, -0.2) is 71.7 Å². The molecule has 30 heavy (non-hydrogen) atoms. The predicted molar refractivity (Wildman–Crippen MR) is 111 cm³/mol. The highest BCUT2D eigenvalue weighted by Gasteiger charge is 2.31. The number of amides is 2. The number of hydrogen-bond acceptors (Lipinski definition) is 6. The summed E-state index contributed by atoms with van der Waals surface area (Å²) in [6, 6.07) is 1.88. The molecule has 0 radical (unpaired) electrons. The van der Waals surface area contributed by atoms with Crippen molar-refractivity contribution in [2.75, 3.05) is 39.9 Å². The number of pyridine rings is 1. The van der Waals surface area contributed by atoms with Crippen LogP contribution in [-0.2, 0) is 16.0 Å². The van der Waals surface area contributed by atoms with E-state index in [2.05, 4.69) is 30.9 Å². The molecule has 1 saturated heterocycles. The van der Waals surface area contributed by atoms with Gasteiger partial charge in [-0.05, 0) is 30.7 Å². The second kappa shape index (κ2) is 7.98. The van der Waals surface area contributed by atoms with E-state index in [1.807, 2.05) is 6.07 Å². The lowest BCUT2D eigenvalue weighted by Crippen LogP contribution is -2.46. The number of fused-ring (bicyclic) bond motifs is 1. The summed E-state index contributed by atoms with van der Waals surface area (Å²) in [5.41, 5.74) is 2.53. The first-order chi connectivity index (χ1) is 14.2. The Kier molecular flexibility index (Phi) is 5.53. The Morgan fingerprint density at radius 3 is 2.57 bits per heavy atom. The highest BCUT2D eigenvalue weighted by molar-refractivity contribution is 6.07. The maximum Gasteiger partial charge on any atom is 0.259 e. The number of hydrogen-bond donors (Lipinski definition) is 0. The van der Waals surface area contributed by atoms with Gasteiger partial charge < -0.3 is 19.1 Å². The van der Waals surface area contributed by atoms with E-state index in [-0.39, 0.29) is 23.8 Å². The van der Waals surface area contributed by atoms with Gasteiger partial charge in [0.05, 0.1) is 36.4 Å². The fraction of sp³-hybridized carbons (Fsp3) is 0.636. The van der Waals surface area contributed by atoms with Crippen LogP contribution in [0.15, 0.2) is 10.6 Å². The predicted octanol–water partition coefficient (Wildman–Crippen LogP) is 2.62. The maximum atomic E-state index is 13.4. The standard InChI is InChI=1S/C22H30N4O4/c1-22(2,3)12-17-19-15(11-16(14-5-6-14)23-20(19)30-24-17)21(28)25(4)13-18(27)26-7-9-29-10-8-26/h11,14H,5-10,12-13H2,1-4H3. The Morgan fingerprint density at radius 2 is 1.93 bits per heavy atom. The van der Waals surface area contributed by atoms with Crippen molar-refractivity contribution in [3.8, 4) is 0 Å². The van der Waals surface area contributed by atoms with Crippen LogP contribution in [0.1, 0.15) is 61.3 Å². The first-order valence-electron chi connectivity index (χ1n) is 10.6. The van der Waals surface area contributed by atoms with Crippen LogP contribution in [0.3, 0.4) is 0 Å². The lowest BCUT2D eigenvalue weighted by molar-refractivity contribution is -0.135. The fourth-order valence-corrected chi connectivity index (χ4v) is 3.80. The summed E-state index contributed by atoms with van der Waals surface area (Å²) in [4.78, 5) is 33.9. The molecule has 1 aliphatic heterocycles. The highest BCUT2D eigenvalue weighted by Crippen LogP contribution is 2.41. The number of likely N-dealkylation sites (N-methyl/N-ethyl adjacent to an activating group) is 1. The topological polar surface area (TPSA) is 88.8 Å². The molecule has 1 aliphatic carbocycles. The van der Waals surface area contributed by atoms with Crippen molar-refractivity contribution in [2.45, 2.75) is 46.0 Å². The number of carbonyl (C=O) groups excluding carboxylic acids is 2. The molecule has 0 atom stereocenters. The molecule has 162 valence electrons. The molecular formula is C22H30N4O4. The van der Waals surface area contributed by atoms with Gasteiger partial charge in [-0.15, -0.1) is 0 Å². The zero-order valence-electron chi connectivity index (χ0n) is 18.2. The van der Waals surface area contributed by atoms with Crippen molar-refractivity contribution >= 4 is 22.9 Å². The van der Waals surface area contributed by atoms with Crippen LogP contribution >= 0.6 is 0 Å². The molecule has 2 aliphatic rings. The van der Waals surface area contributed by atoms with Crippen LogP contribution in [0.2, 0.25) is 0 Å². The normalized spacial score (nSPS) is 17.4. The lowest BCUT2D eigenvalue weighted by atomic mass is 9.89. The molecule has 0 N–H and O–H groups in total. The molecule has 1 saturated carbocycles. The van der Waals surface area contributed by atoms with Crippen LogP contribution in [0.4, 0.5) is 0 Å². The van der Waals surface area contributed by atoms with Gasteiger partial charge in [0.2, 0.25) is 5.91 Å². The first kappa shape index (κ1) is 20.8. The van der Waals surface area contributed by atoms with Gasteiger partial charge in [-0.25, -0.2) is 4.98 Å². The Hall–Kier alpha value is -2.48. The summed E-state index contributed by atoms with van der Waals surface area (Å²) in [6.07, 6.45) is 2.81. The minimum Gasteiger partial charge on any atom is -0.378 e. The van der Waals surface area contributed by atoms with Gasteiger partial charge in [0, 0.05) is 31.7 Å². The van der Waals surface area contributed by atoms with Crippen molar-refractivity contribution in [1.29, 1.82) is 0 Å². The maximum absolute atomic E-state index is 13.4. The lowest BCUT2D eigenvalue weighted by Gasteiger charge is -2.28. The highest BCUT2D eigenvalue weighted by atomic mass is 16.5. The molecule has 8 heteroatoms. The quantitative estimate of drug-likeness (QED) is 0.747. The Bertz CT molecular complexity index is 952. The Labute approximate surface area is 176 Å². The van der Waals surface area contributed by atoms with E-state index in [0.29, 0.717) is 55.3 Å². The van der Waals surface area contributed by atoms with E-state index < -0.39 is 0 Å². The number of rotatable bonds is 5. The summed E-state index contributed by atoms with van der Waals surface area (Å²) < 4.78 is 10.8. The monoisotopic (exact) mass is 414 g/mol. The fourth-order valence-electron chi connectivity index (χ4n) is 3.80. The second-order valence-corrected chi connectivity index (χ2v) is 9.57. The van der Waals surface area contributed by atoms with Crippen LogP contribution in [0.25, 0.3) is 11.1 Å². The van der Waals surface area contributed by atoms with Crippen molar-refractivity contribution in [2.24, 2.45) is 5.41 Å². The van der Waals surface area contributed by atoms with Gasteiger partial charge in [0.15, 0.2) is 0 Å². The molecule has 0 bridgehead atoms. The van der Waals surface area contributed by atoms with E-state index in [1.54, 1.807) is 11.9 Å². The van der Waals surface area contributed by atoms with E-state index in [9.17, 15) is 9.59 Å². The minimum atomic E-state index is -0.204. The third-order valence-electron chi connectivity index (χ3n) is 5.54. The number of aromatic nitrogens is 2. The third-order valence-corrected chi connectivity index (χ3v) is 5.54. The van der Waals surface area contributed by atoms with Gasteiger partial charge in [-0.3, -0.25) is 9.59 Å². The Morgan fingerprint density at radius 1 is 1.23 bits per heavy atom. The average molecular weight is 415 g/mol. The van der Waals surface area contributed by atoms with Crippen LogP contribution in [0, 0.1) is 5.41 Å². The van der Waals surface area contributed by atoms with E-state index in [1.165, 1.54) is 4.90 Å². The third kappa shape index (κ3) is 4.48. The summed E-state index contributed by atoms with van der Waals surface area (Å²) in [5.74, 6) is 0.101. The number of morpholine rings is 1. The van der Waals surface area contributed by atoms with Crippen LogP contribution in [0.5, 0.6) is 0 Å². The molecule has 2 amide bonds. The van der Waals surface area contributed by atoms with Gasteiger partial charge in [-0.1, -0.05) is 25.9 Å². The largest absolute Gasteiger partial charge is 0.378 e. The Balaban J connectivity index is 1.64. The second-order valence-electron chi connectivity index (χ2n) is 9.57. The van der Waals surface area contributed by atoms with Crippen molar-refractivity contribution in [1.82, 2.24) is 19.9 Å². The zero-order chi connectivity index (χ0) is 21.5. The average Bonchev–Trinajstić information content (AvgIpc) is 3.49. The molecular weight excluding hydrogens is 384 g/mol. The molecule has 4 rings (SSSR count). The van der Waals surface area contributed by atoms with Gasteiger partial charge in [-0.2, -0.15) is 0 Å². The van der Waals surface area contributed by atoms with Crippen molar-refractivity contribution in [3.63, 3.8) is 0 Å². The first-order valence-corrected chi connectivity index (χ1v) is 10.6. The molecule has 0 spiro atoms. The van der Waals surface area contributed by atoms with Gasteiger partial charge in [0.25, 0.3) is 11.6 Å². The molecule has 0 aromatic carbocycles. The summed E-state index contributed by atoms with van der Waals surface area (Å²) in [5, 5.41) is 4.91. The smallest absolute Gasteiger partial charge is 0.259 e. The SMILES string of the molecule is CN(CC(=O)N1CCOCC1)C(=O)c1cc(C2CC2)nc2onc(CC(C)(C)C)c12. The molecule has 8 nitrogen and oxygen atoms in total. The van der Waals surface area contributed by atoms with Gasteiger partial charge >= 0.3 is 0 Å². The van der Waals surface area contributed by atoms with Crippen LogP contribution < -0.4 is 0 Å². The molecule has 2 aromatic heterocycles. The summed E-state index contributed by atoms with van der Waals surface area (Å²) >= 11 is 0. The summed E-state index contributed by atoms with van der Waals surface area (Å²) in [7, 11) is 1.67. The number of nitrogens with zero attached hydrogens (tertiary/aromatic N) is 4. The van der Waals surface area contributed by atoms with E-state index >= 15 is 0 Å². The minimum absolute atomic E-state index is 0.0164. The van der Waals surface area contributed by atoms with Crippen molar-refractivity contribution in [3.05, 3.63) is 23.0 Å². The number of ether oxygens (including phenoxy) is 1. The van der Waals surface area contributed by atoms with E-state index in [4.69, 9.17) is 9.26 Å². The summed E-state index contributed by atoms with van der Waals surface area (Å²) in [6.45, 7) is 8.59. The van der Waals surface area contributed by atoms with Gasteiger partial charge in [0.1, 0.15) is 0 Å². The number of carbonyl (C=O) groups is 2. The molecule has 2 fully saturated rings. The van der Waals surface area contributed by atoms with Crippen molar-refractivity contribution < 1.29 is 18.8 Å². The zero-order valence-corrected chi connectivity index (χ0v) is 18.2. The molecule has 2 aromatic rings. The molecule has 0 unspecified atom stereocenters.